The number of amides is 1. The number of hydrogen-bond acceptors (Lipinski definition) is 2. The van der Waals surface area contributed by atoms with Crippen molar-refractivity contribution < 1.29 is 42.2 Å². The molecule has 2 atom stereocenters. The van der Waals surface area contributed by atoms with Gasteiger partial charge in [0.25, 0.3) is 0 Å². The molecule has 0 aromatic heterocycles. The van der Waals surface area contributed by atoms with Gasteiger partial charge in [-0.2, -0.15) is 18.2 Å². The quantitative estimate of drug-likeness (QED) is 0.682. The van der Waals surface area contributed by atoms with E-state index in [0.717, 1.165) is 29.2 Å². The van der Waals surface area contributed by atoms with E-state index >= 15 is 0 Å². The Bertz CT molecular complexity index is 701. The van der Waals surface area contributed by atoms with Gasteiger partial charge in [0, 0.05) is 57.6 Å². The van der Waals surface area contributed by atoms with Gasteiger partial charge < -0.3 is 9.64 Å². The Morgan fingerprint density at radius 3 is 2.81 bits per heavy atom. The van der Waals surface area contributed by atoms with Crippen LogP contribution in [0.5, 0.6) is 11.5 Å². The molecule has 0 unspecified atom stereocenters. The SMILES string of the molecule is CN1C[C@@H]2c3c[c-]ccc3Oc3ccccc3[C@H]2C1=O.[Y]. The van der Waals surface area contributed by atoms with Crippen molar-refractivity contribution in [2.24, 2.45) is 0 Å². The molecule has 0 aliphatic carbocycles. The number of likely N-dealkylation sites (tertiary alicyclic amines) is 1. The molecule has 2 aromatic rings. The first-order valence-electron chi connectivity index (χ1n) is 6.77. The van der Waals surface area contributed by atoms with Gasteiger partial charge in [-0.1, -0.05) is 18.2 Å². The normalized spacial score (nSPS) is 22.3. The summed E-state index contributed by atoms with van der Waals surface area (Å²) in [5.74, 6) is 1.79. The summed E-state index contributed by atoms with van der Waals surface area (Å²) in [6.07, 6.45) is 0. The molecular formula is C17H14NO2Y-. The summed E-state index contributed by atoms with van der Waals surface area (Å²) in [5.41, 5.74) is 2.06. The first-order valence-corrected chi connectivity index (χ1v) is 6.77. The van der Waals surface area contributed by atoms with Crippen LogP contribution in [0.3, 0.4) is 0 Å². The summed E-state index contributed by atoms with van der Waals surface area (Å²) >= 11 is 0. The summed E-state index contributed by atoms with van der Waals surface area (Å²) in [6, 6.07) is 16.7. The van der Waals surface area contributed by atoms with Crippen LogP contribution in [-0.2, 0) is 37.5 Å². The third-order valence-electron chi connectivity index (χ3n) is 4.24. The van der Waals surface area contributed by atoms with Gasteiger partial charge >= 0.3 is 0 Å². The fourth-order valence-corrected chi connectivity index (χ4v) is 3.29. The summed E-state index contributed by atoms with van der Waals surface area (Å²) < 4.78 is 6.03. The van der Waals surface area contributed by atoms with Crippen molar-refractivity contribution in [3.63, 3.8) is 0 Å². The first-order chi connectivity index (χ1) is 9.75. The molecule has 0 bridgehead atoms. The van der Waals surface area contributed by atoms with E-state index in [9.17, 15) is 4.79 Å². The first kappa shape index (κ1) is 14.7. The van der Waals surface area contributed by atoms with E-state index in [4.69, 9.17) is 4.74 Å². The predicted molar refractivity (Wildman–Crippen MR) is 74.9 cm³/mol. The van der Waals surface area contributed by atoms with Crippen LogP contribution in [-0.4, -0.2) is 24.4 Å². The number of hydrogen-bond donors (Lipinski definition) is 0. The molecule has 0 spiro atoms. The minimum atomic E-state index is -0.145. The molecule has 103 valence electrons. The smallest absolute Gasteiger partial charge is 0.229 e. The number of likely N-dealkylation sites (N-methyl/N-ethyl adjacent to an activating group) is 1. The van der Waals surface area contributed by atoms with Crippen molar-refractivity contribution in [1.29, 1.82) is 0 Å². The number of nitrogens with zero attached hydrogens (tertiary/aromatic N) is 1. The Kier molecular flexibility index (Phi) is 3.89. The van der Waals surface area contributed by atoms with E-state index in [-0.39, 0.29) is 50.5 Å². The molecule has 1 saturated heterocycles. The molecule has 1 radical (unpaired) electrons. The van der Waals surface area contributed by atoms with Crippen LogP contribution in [0.1, 0.15) is 23.0 Å². The number of ether oxygens (including phenoxy) is 1. The van der Waals surface area contributed by atoms with Gasteiger partial charge in [0.2, 0.25) is 5.91 Å². The van der Waals surface area contributed by atoms with E-state index in [0.29, 0.717) is 0 Å². The number of benzene rings is 2. The minimum absolute atomic E-state index is 0. The summed E-state index contributed by atoms with van der Waals surface area (Å²) in [4.78, 5) is 14.3. The van der Waals surface area contributed by atoms with Crippen molar-refractivity contribution in [1.82, 2.24) is 4.90 Å². The maximum Gasteiger partial charge on any atom is 0.229 e. The summed E-state index contributed by atoms with van der Waals surface area (Å²) in [5, 5.41) is 0. The second-order valence-electron chi connectivity index (χ2n) is 5.41. The van der Waals surface area contributed by atoms with E-state index in [1.807, 2.05) is 54.4 Å². The Morgan fingerprint density at radius 1 is 1.19 bits per heavy atom. The van der Waals surface area contributed by atoms with E-state index in [1.54, 1.807) is 0 Å². The molecule has 0 N–H and O–H groups in total. The predicted octanol–water partition coefficient (Wildman–Crippen LogP) is 2.93. The van der Waals surface area contributed by atoms with Gasteiger partial charge in [0.05, 0.1) is 5.92 Å². The van der Waals surface area contributed by atoms with Crippen molar-refractivity contribution in [2.75, 3.05) is 13.6 Å². The van der Waals surface area contributed by atoms with Crippen molar-refractivity contribution in [3.05, 3.63) is 59.7 Å². The zero-order valence-electron chi connectivity index (χ0n) is 11.7. The van der Waals surface area contributed by atoms with Crippen LogP contribution in [0.15, 0.2) is 42.5 Å². The molecule has 2 aromatic carbocycles. The number of fused-ring (bicyclic) bond motifs is 5. The zero-order valence-corrected chi connectivity index (χ0v) is 14.6. The van der Waals surface area contributed by atoms with Crippen LogP contribution in [0.4, 0.5) is 0 Å². The largest absolute Gasteiger partial charge is 0.482 e. The Labute approximate surface area is 149 Å². The Morgan fingerprint density at radius 2 is 1.95 bits per heavy atom. The summed E-state index contributed by atoms with van der Waals surface area (Å²) in [6.45, 7) is 0.728. The second kappa shape index (κ2) is 5.54. The topological polar surface area (TPSA) is 29.5 Å². The zero-order chi connectivity index (χ0) is 13.7. The number of para-hydroxylation sites is 1. The molecule has 2 aliphatic rings. The average Bonchev–Trinajstić information content (AvgIpc) is 2.68. The van der Waals surface area contributed by atoms with Gasteiger partial charge in [-0.3, -0.25) is 4.79 Å². The monoisotopic (exact) mass is 353 g/mol. The number of rotatable bonds is 0. The van der Waals surface area contributed by atoms with Gasteiger partial charge in [-0.05, 0) is 12.0 Å². The fraction of sp³-hybridized carbons (Fsp3) is 0.235. The molecule has 0 saturated carbocycles. The van der Waals surface area contributed by atoms with E-state index in [2.05, 4.69) is 6.07 Å². The van der Waals surface area contributed by atoms with Gasteiger partial charge in [0.1, 0.15) is 5.75 Å². The Hall–Kier alpha value is -1.19. The molecule has 1 fully saturated rings. The van der Waals surface area contributed by atoms with Gasteiger partial charge in [-0.15, -0.1) is 11.6 Å². The van der Waals surface area contributed by atoms with Crippen LogP contribution >= 0.6 is 0 Å². The number of carbonyl (C=O) groups is 1. The maximum absolute atomic E-state index is 12.5. The molecule has 3 nitrogen and oxygen atoms in total. The number of carbonyl (C=O) groups excluding carboxylic acids is 1. The van der Waals surface area contributed by atoms with Crippen molar-refractivity contribution >= 4 is 5.91 Å². The molecular weight excluding hydrogens is 339 g/mol. The molecule has 4 rings (SSSR count). The van der Waals surface area contributed by atoms with E-state index < -0.39 is 0 Å². The van der Waals surface area contributed by atoms with Gasteiger partial charge in [0.15, 0.2) is 0 Å². The third-order valence-corrected chi connectivity index (χ3v) is 4.24. The van der Waals surface area contributed by atoms with Gasteiger partial charge in [-0.25, -0.2) is 0 Å². The third kappa shape index (κ3) is 2.23. The molecule has 2 heterocycles. The standard InChI is InChI=1S/C17H14NO2.Y/c1-18-10-13-11-6-2-4-8-14(11)20-15-9-5-3-7-12(15)16(13)17(18)19;/h3-9,13,16H,10H2,1H3;/q-1;/t13-,16-;/m1./s1. The molecule has 1 amide bonds. The van der Waals surface area contributed by atoms with Crippen molar-refractivity contribution in [3.8, 4) is 11.5 Å². The van der Waals surface area contributed by atoms with E-state index in [1.165, 1.54) is 0 Å². The molecule has 21 heavy (non-hydrogen) atoms. The Balaban J connectivity index is 0.00000132. The van der Waals surface area contributed by atoms with Crippen LogP contribution in [0, 0.1) is 6.07 Å². The van der Waals surface area contributed by atoms with Crippen LogP contribution < -0.4 is 4.74 Å². The minimum Gasteiger partial charge on any atom is -0.482 e. The molecule has 4 heteroatoms. The molecule has 2 aliphatic heterocycles. The van der Waals surface area contributed by atoms with Crippen LogP contribution in [0.25, 0.3) is 0 Å². The van der Waals surface area contributed by atoms with Crippen molar-refractivity contribution in [2.45, 2.75) is 11.8 Å². The average molecular weight is 353 g/mol. The summed E-state index contributed by atoms with van der Waals surface area (Å²) in [7, 11) is 1.87. The fourth-order valence-electron chi connectivity index (χ4n) is 3.29. The maximum atomic E-state index is 12.5. The second-order valence-corrected chi connectivity index (χ2v) is 5.41. The van der Waals surface area contributed by atoms with Crippen LogP contribution in [0.2, 0.25) is 0 Å².